The average Bonchev–Trinajstić information content (AvgIpc) is 2.40. The van der Waals surface area contributed by atoms with E-state index in [9.17, 15) is 9.59 Å². The number of amides is 2. The summed E-state index contributed by atoms with van der Waals surface area (Å²) < 4.78 is 0. The average molecular weight is 262 g/mol. The molecule has 1 aliphatic heterocycles. The van der Waals surface area contributed by atoms with Crippen LogP contribution in [-0.2, 0) is 9.59 Å². The summed E-state index contributed by atoms with van der Waals surface area (Å²) in [5, 5.41) is 8.66. The fraction of sp³-hybridized carbons (Fsp3) is 0.462. The highest BCUT2D eigenvalue weighted by molar-refractivity contribution is 6.01. The van der Waals surface area contributed by atoms with E-state index in [4.69, 9.17) is 0 Å². The SMILES string of the molecule is CCCNc1cncc(NC2CCC(=O)NC2=O)c1. The van der Waals surface area contributed by atoms with Gasteiger partial charge in [-0.25, -0.2) is 0 Å². The van der Waals surface area contributed by atoms with Gasteiger partial charge in [-0.3, -0.25) is 19.9 Å². The molecular weight excluding hydrogens is 244 g/mol. The van der Waals surface area contributed by atoms with Gasteiger partial charge in [-0.15, -0.1) is 0 Å². The maximum absolute atomic E-state index is 11.6. The van der Waals surface area contributed by atoms with Crippen LogP contribution >= 0.6 is 0 Å². The van der Waals surface area contributed by atoms with Crippen LogP contribution in [0.1, 0.15) is 26.2 Å². The highest BCUT2D eigenvalue weighted by Crippen LogP contribution is 2.16. The molecule has 0 saturated carbocycles. The Hall–Kier alpha value is -2.11. The van der Waals surface area contributed by atoms with Gasteiger partial charge < -0.3 is 10.6 Å². The van der Waals surface area contributed by atoms with Crippen molar-refractivity contribution >= 4 is 23.2 Å². The van der Waals surface area contributed by atoms with Gasteiger partial charge in [0, 0.05) is 13.0 Å². The minimum absolute atomic E-state index is 0.209. The molecule has 2 rings (SSSR count). The number of pyridine rings is 1. The Labute approximate surface area is 112 Å². The Balaban J connectivity index is 1.98. The van der Waals surface area contributed by atoms with Crippen LogP contribution < -0.4 is 16.0 Å². The Morgan fingerprint density at radius 2 is 2.16 bits per heavy atom. The molecule has 19 heavy (non-hydrogen) atoms. The van der Waals surface area contributed by atoms with Gasteiger partial charge in [-0.2, -0.15) is 0 Å². The molecule has 0 aliphatic carbocycles. The van der Waals surface area contributed by atoms with Crippen molar-refractivity contribution in [2.75, 3.05) is 17.2 Å². The quantitative estimate of drug-likeness (QED) is 0.693. The Kier molecular flexibility index (Phi) is 4.33. The molecular formula is C13H18N4O2. The Morgan fingerprint density at radius 3 is 2.89 bits per heavy atom. The molecule has 6 heteroatoms. The number of nitrogens with one attached hydrogen (secondary N) is 3. The molecule has 0 radical (unpaired) electrons. The molecule has 6 nitrogen and oxygen atoms in total. The van der Waals surface area contributed by atoms with Crippen molar-refractivity contribution in [3.8, 4) is 0 Å². The topological polar surface area (TPSA) is 83.1 Å². The standard InChI is InChI=1S/C13H18N4O2/c1-2-5-15-9-6-10(8-14-7-9)16-11-3-4-12(18)17-13(11)19/h6-8,11,15-16H,2-5H2,1H3,(H,17,18,19). The van der Waals surface area contributed by atoms with E-state index >= 15 is 0 Å². The first-order valence-electron chi connectivity index (χ1n) is 6.48. The van der Waals surface area contributed by atoms with Crippen molar-refractivity contribution in [3.05, 3.63) is 18.5 Å². The predicted molar refractivity (Wildman–Crippen MR) is 72.8 cm³/mol. The lowest BCUT2D eigenvalue weighted by molar-refractivity contribution is -0.133. The molecule has 1 unspecified atom stereocenters. The molecule has 2 amide bonds. The second kappa shape index (κ2) is 6.17. The van der Waals surface area contributed by atoms with Crippen molar-refractivity contribution < 1.29 is 9.59 Å². The molecule has 0 spiro atoms. The van der Waals surface area contributed by atoms with E-state index in [0.717, 1.165) is 24.3 Å². The molecule has 1 atom stereocenters. The molecule has 1 aromatic heterocycles. The molecule has 2 heterocycles. The summed E-state index contributed by atoms with van der Waals surface area (Å²) in [6, 6.07) is 1.53. The molecule has 1 aliphatic rings. The van der Waals surface area contributed by atoms with Gasteiger partial charge in [0.2, 0.25) is 11.8 Å². The summed E-state index contributed by atoms with van der Waals surface area (Å²) in [5.41, 5.74) is 1.69. The molecule has 3 N–H and O–H groups in total. The molecule has 0 aromatic carbocycles. The molecule has 0 bridgehead atoms. The minimum atomic E-state index is -0.374. The summed E-state index contributed by atoms with van der Waals surface area (Å²) in [6.45, 7) is 2.97. The highest BCUT2D eigenvalue weighted by Gasteiger charge is 2.26. The van der Waals surface area contributed by atoms with Crippen LogP contribution in [0.2, 0.25) is 0 Å². The summed E-state index contributed by atoms with van der Waals surface area (Å²) in [5.74, 6) is -0.484. The number of anilines is 2. The zero-order chi connectivity index (χ0) is 13.7. The number of hydrogen-bond acceptors (Lipinski definition) is 5. The molecule has 1 fully saturated rings. The first-order valence-corrected chi connectivity index (χ1v) is 6.48. The van der Waals surface area contributed by atoms with Crippen LogP contribution in [0.5, 0.6) is 0 Å². The van der Waals surface area contributed by atoms with Gasteiger partial charge in [0.15, 0.2) is 0 Å². The highest BCUT2D eigenvalue weighted by atomic mass is 16.2. The number of rotatable bonds is 5. The zero-order valence-corrected chi connectivity index (χ0v) is 10.9. The van der Waals surface area contributed by atoms with Gasteiger partial charge in [0.05, 0.1) is 23.8 Å². The fourth-order valence-electron chi connectivity index (χ4n) is 1.92. The maximum Gasteiger partial charge on any atom is 0.249 e. The van der Waals surface area contributed by atoms with Crippen molar-refractivity contribution in [1.29, 1.82) is 0 Å². The number of nitrogens with zero attached hydrogens (tertiary/aromatic N) is 1. The maximum atomic E-state index is 11.6. The minimum Gasteiger partial charge on any atom is -0.384 e. The van der Waals surface area contributed by atoms with Crippen LogP contribution in [0.15, 0.2) is 18.5 Å². The van der Waals surface area contributed by atoms with E-state index in [1.807, 2.05) is 6.07 Å². The number of aromatic nitrogens is 1. The van der Waals surface area contributed by atoms with Crippen LogP contribution in [0, 0.1) is 0 Å². The third-order valence-corrected chi connectivity index (χ3v) is 2.90. The predicted octanol–water partition coefficient (Wildman–Crippen LogP) is 1.12. The number of imide groups is 1. The monoisotopic (exact) mass is 262 g/mol. The molecule has 102 valence electrons. The van der Waals surface area contributed by atoms with Crippen molar-refractivity contribution in [1.82, 2.24) is 10.3 Å². The lowest BCUT2D eigenvalue weighted by atomic mass is 10.1. The summed E-state index contributed by atoms with van der Waals surface area (Å²) in [7, 11) is 0. The number of hydrogen-bond donors (Lipinski definition) is 3. The smallest absolute Gasteiger partial charge is 0.249 e. The first kappa shape index (κ1) is 13.3. The van der Waals surface area contributed by atoms with E-state index in [2.05, 4.69) is 27.9 Å². The van der Waals surface area contributed by atoms with Gasteiger partial charge in [-0.05, 0) is 18.9 Å². The van der Waals surface area contributed by atoms with E-state index in [1.54, 1.807) is 12.4 Å². The summed E-state index contributed by atoms with van der Waals surface area (Å²) in [4.78, 5) is 26.8. The van der Waals surface area contributed by atoms with Crippen molar-refractivity contribution in [2.45, 2.75) is 32.2 Å². The fourth-order valence-corrected chi connectivity index (χ4v) is 1.92. The zero-order valence-electron chi connectivity index (χ0n) is 10.9. The number of carbonyl (C=O) groups excluding carboxylic acids is 2. The first-order chi connectivity index (χ1) is 9.19. The Bertz CT molecular complexity index is 475. The van der Waals surface area contributed by atoms with E-state index in [-0.39, 0.29) is 17.9 Å². The van der Waals surface area contributed by atoms with E-state index in [1.165, 1.54) is 0 Å². The largest absolute Gasteiger partial charge is 0.384 e. The van der Waals surface area contributed by atoms with Gasteiger partial charge >= 0.3 is 0 Å². The second-order valence-corrected chi connectivity index (χ2v) is 4.54. The van der Waals surface area contributed by atoms with Gasteiger partial charge in [0.25, 0.3) is 0 Å². The van der Waals surface area contributed by atoms with E-state index < -0.39 is 0 Å². The Morgan fingerprint density at radius 1 is 1.37 bits per heavy atom. The summed E-state index contributed by atoms with van der Waals surface area (Å²) in [6.07, 6.45) is 5.32. The lowest BCUT2D eigenvalue weighted by Gasteiger charge is -2.22. The van der Waals surface area contributed by atoms with Gasteiger partial charge in [0.1, 0.15) is 6.04 Å². The normalized spacial score (nSPS) is 18.9. The summed E-state index contributed by atoms with van der Waals surface area (Å²) >= 11 is 0. The molecule has 1 saturated heterocycles. The van der Waals surface area contributed by atoms with Crippen LogP contribution in [0.3, 0.4) is 0 Å². The van der Waals surface area contributed by atoms with Crippen molar-refractivity contribution in [3.63, 3.8) is 0 Å². The van der Waals surface area contributed by atoms with Crippen LogP contribution in [0.4, 0.5) is 11.4 Å². The van der Waals surface area contributed by atoms with Crippen LogP contribution in [-0.4, -0.2) is 29.4 Å². The lowest BCUT2D eigenvalue weighted by Crippen LogP contribution is -2.47. The third-order valence-electron chi connectivity index (χ3n) is 2.90. The third kappa shape index (κ3) is 3.67. The van der Waals surface area contributed by atoms with Gasteiger partial charge in [-0.1, -0.05) is 6.92 Å². The van der Waals surface area contributed by atoms with Crippen LogP contribution in [0.25, 0.3) is 0 Å². The number of piperidine rings is 1. The second-order valence-electron chi connectivity index (χ2n) is 4.54. The number of carbonyl (C=O) groups is 2. The van der Waals surface area contributed by atoms with Crippen molar-refractivity contribution in [2.24, 2.45) is 0 Å². The molecule has 1 aromatic rings. The van der Waals surface area contributed by atoms with E-state index in [0.29, 0.717) is 12.8 Å².